The Morgan fingerprint density at radius 1 is 1.56 bits per heavy atom. The zero-order chi connectivity index (χ0) is 11.7. The molecule has 5 heteroatoms. The lowest BCUT2D eigenvalue weighted by atomic mass is 9.99. The van der Waals surface area contributed by atoms with Crippen LogP contribution in [0.2, 0.25) is 0 Å². The number of carbonyl (C=O) groups is 1. The summed E-state index contributed by atoms with van der Waals surface area (Å²) >= 11 is 0. The van der Waals surface area contributed by atoms with Crippen LogP contribution in [0.1, 0.15) is 10.4 Å². The Morgan fingerprint density at radius 2 is 2.25 bits per heavy atom. The highest BCUT2D eigenvalue weighted by atomic mass is 19.1. The third kappa shape index (κ3) is 1.86. The second-order valence-electron chi connectivity index (χ2n) is 3.97. The topological polar surface area (TPSA) is 66.6 Å². The van der Waals surface area contributed by atoms with Gasteiger partial charge < -0.3 is 15.7 Å². The average Bonchev–Trinajstić information content (AvgIpc) is 2.15. The van der Waals surface area contributed by atoms with Crippen LogP contribution in [0.3, 0.4) is 0 Å². The molecule has 1 fully saturated rings. The van der Waals surface area contributed by atoms with Crippen molar-refractivity contribution in [2.24, 2.45) is 11.7 Å². The number of amides is 1. The summed E-state index contributed by atoms with van der Waals surface area (Å²) in [6, 6.07) is 3.39. The lowest BCUT2D eigenvalue weighted by Crippen LogP contribution is -2.52. The average molecular weight is 224 g/mol. The predicted molar refractivity (Wildman–Crippen MR) is 56.5 cm³/mol. The van der Waals surface area contributed by atoms with Crippen LogP contribution in [-0.2, 0) is 0 Å². The van der Waals surface area contributed by atoms with E-state index in [1.165, 1.54) is 6.07 Å². The lowest BCUT2D eigenvalue weighted by Gasteiger charge is -2.38. The number of hydrogen-bond donors (Lipinski definition) is 2. The summed E-state index contributed by atoms with van der Waals surface area (Å²) in [6.45, 7) is 1.76. The van der Waals surface area contributed by atoms with E-state index in [4.69, 9.17) is 5.73 Å². The lowest BCUT2D eigenvalue weighted by molar-refractivity contribution is 0.0512. The van der Waals surface area contributed by atoms with Crippen molar-refractivity contribution in [3.8, 4) is 5.75 Å². The van der Waals surface area contributed by atoms with Gasteiger partial charge in [-0.25, -0.2) is 4.39 Å². The van der Waals surface area contributed by atoms with Gasteiger partial charge in [0, 0.05) is 25.1 Å². The van der Waals surface area contributed by atoms with E-state index in [1.807, 2.05) is 0 Å². The fourth-order valence-electron chi connectivity index (χ4n) is 1.74. The Morgan fingerprint density at radius 3 is 2.81 bits per heavy atom. The molecule has 1 saturated heterocycles. The molecule has 0 spiro atoms. The smallest absolute Gasteiger partial charge is 0.257 e. The van der Waals surface area contributed by atoms with Gasteiger partial charge in [-0.15, -0.1) is 0 Å². The van der Waals surface area contributed by atoms with Crippen molar-refractivity contribution in [3.63, 3.8) is 0 Å². The minimum atomic E-state index is -0.558. The van der Waals surface area contributed by atoms with E-state index in [1.54, 1.807) is 4.90 Å². The van der Waals surface area contributed by atoms with Gasteiger partial charge in [-0.05, 0) is 18.7 Å². The summed E-state index contributed by atoms with van der Waals surface area (Å²) in [4.78, 5) is 13.4. The molecule has 0 radical (unpaired) electrons. The number of phenolic OH excluding ortho intramolecular Hbond substituents is 1. The minimum Gasteiger partial charge on any atom is -0.507 e. The second kappa shape index (κ2) is 4.09. The van der Waals surface area contributed by atoms with Crippen LogP contribution in [0.4, 0.5) is 4.39 Å². The van der Waals surface area contributed by atoms with Crippen LogP contribution in [0.5, 0.6) is 5.75 Å². The summed E-state index contributed by atoms with van der Waals surface area (Å²) in [5.41, 5.74) is 5.58. The van der Waals surface area contributed by atoms with Crippen molar-refractivity contribution in [1.82, 2.24) is 4.90 Å². The molecule has 2 rings (SSSR count). The van der Waals surface area contributed by atoms with Gasteiger partial charge in [0.1, 0.15) is 11.6 Å². The molecule has 0 saturated carbocycles. The molecular formula is C11H13FN2O2. The number of phenols is 1. The predicted octanol–water partition coefficient (Wildman–Crippen LogP) is 0.562. The van der Waals surface area contributed by atoms with Gasteiger partial charge in [-0.3, -0.25) is 4.79 Å². The number of aromatic hydroxyl groups is 1. The number of hydrogen-bond acceptors (Lipinski definition) is 3. The van der Waals surface area contributed by atoms with Crippen molar-refractivity contribution in [2.45, 2.75) is 0 Å². The molecule has 1 aromatic carbocycles. The van der Waals surface area contributed by atoms with E-state index in [9.17, 15) is 14.3 Å². The molecule has 1 heterocycles. The van der Waals surface area contributed by atoms with Crippen molar-refractivity contribution in [3.05, 3.63) is 29.6 Å². The van der Waals surface area contributed by atoms with Crippen LogP contribution in [0, 0.1) is 11.7 Å². The zero-order valence-corrected chi connectivity index (χ0v) is 8.69. The van der Waals surface area contributed by atoms with E-state index in [2.05, 4.69) is 0 Å². The maximum Gasteiger partial charge on any atom is 0.257 e. The third-order valence-electron chi connectivity index (χ3n) is 2.77. The van der Waals surface area contributed by atoms with Gasteiger partial charge in [-0.2, -0.15) is 0 Å². The Bertz CT molecular complexity index is 416. The van der Waals surface area contributed by atoms with E-state index in [-0.39, 0.29) is 17.2 Å². The molecule has 1 aliphatic heterocycles. The summed E-state index contributed by atoms with van der Waals surface area (Å²) in [5.74, 6) is -0.813. The SMILES string of the molecule is NCC1CN(C(=O)c2ccc(F)cc2O)C1. The van der Waals surface area contributed by atoms with Gasteiger partial charge in [0.05, 0.1) is 5.56 Å². The van der Waals surface area contributed by atoms with E-state index in [0.29, 0.717) is 25.6 Å². The van der Waals surface area contributed by atoms with Crippen LogP contribution in [0.15, 0.2) is 18.2 Å². The highest BCUT2D eigenvalue weighted by molar-refractivity contribution is 5.97. The maximum atomic E-state index is 12.7. The highest BCUT2D eigenvalue weighted by Gasteiger charge is 2.31. The van der Waals surface area contributed by atoms with Gasteiger partial charge in [-0.1, -0.05) is 0 Å². The summed E-state index contributed by atoms with van der Waals surface area (Å²) in [5, 5.41) is 9.44. The highest BCUT2D eigenvalue weighted by Crippen LogP contribution is 2.23. The third-order valence-corrected chi connectivity index (χ3v) is 2.77. The molecule has 4 nitrogen and oxygen atoms in total. The summed E-state index contributed by atoms with van der Waals surface area (Å²) in [7, 11) is 0. The largest absolute Gasteiger partial charge is 0.507 e. The van der Waals surface area contributed by atoms with Crippen molar-refractivity contribution >= 4 is 5.91 Å². The summed E-state index contributed by atoms with van der Waals surface area (Å²) in [6.07, 6.45) is 0. The van der Waals surface area contributed by atoms with Crippen LogP contribution >= 0.6 is 0 Å². The molecule has 86 valence electrons. The van der Waals surface area contributed by atoms with E-state index >= 15 is 0 Å². The van der Waals surface area contributed by atoms with Crippen molar-refractivity contribution in [2.75, 3.05) is 19.6 Å². The van der Waals surface area contributed by atoms with Crippen LogP contribution in [0.25, 0.3) is 0 Å². The first-order valence-corrected chi connectivity index (χ1v) is 5.09. The molecule has 1 aromatic rings. The van der Waals surface area contributed by atoms with Gasteiger partial charge >= 0.3 is 0 Å². The number of carbonyl (C=O) groups excluding carboxylic acids is 1. The maximum absolute atomic E-state index is 12.7. The Balaban J connectivity index is 2.10. The first kappa shape index (κ1) is 10.9. The Kier molecular flexibility index (Phi) is 2.78. The standard InChI is InChI=1S/C11H13FN2O2/c12-8-1-2-9(10(15)3-8)11(16)14-5-7(4-13)6-14/h1-3,7,15H,4-6,13H2. The van der Waals surface area contributed by atoms with Crippen LogP contribution < -0.4 is 5.73 Å². The molecule has 0 bridgehead atoms. The molecular weight excluding hydrogens is 211 g/mol. The molecule has 1 aliphatic rings. The number of halogens is 1. The first-order valence-electron chi connectivity index (χ1n) is 5.09. The van der Waals surface area contributed by atoms with Crippen molar-refractivity contribution < 1.29 is 14.3 Å². The minimum absolute atomic E-state index is 0.136. The van der Waals surface area contributed by atoms with Gasteiger partial charge in [0.2, 0.25) is 0 Å². The summed E-state index contributed by atoms with van der Waals surface area (Å²) < 4.78 is 12.7. The Labute approximate surface area is 92.5 Å². The fraction of sp³-hybridized carbons (Fsp3) is 0.364. The number of nitrogens with two attached hydrogens (primary N) is 1. The van der Waals surface area contributed by atoms with Crippen molar-refractivity contribution in [1.29, 1.82) is 0 Å². The molecule has 0 unspecified atom stereocenters. The number of benzene rings is 1. The number of likely N-dealkylation sites (tertiary alicyclic amines) is 1. The molecule has 0 aromatic heterocycles. The quantitative estimate of drug-likeness (QED) is 0.771. The monoisotopic (exact) mass is 224 g/mol. The molecule has 0 atom stereocenters. The van der Waals surface area contributed by atoms with Gasteiger partial charge in [0.15, 0.2) is 0 Å². The molecule has 0 aliphatic carbocycles. The van der Waals surface area contributed by atoms with E-state index < -0.39 is 5.82 Å². The fourth-order valence-corrected chi connectivity index (χ4v) is 1.74. The molecule has 3 N–H and O–H groups in total. The van der Waals surface area contributed by atoms with Crippen LogP contribution in [-0.4, -0.2) is 35.5 Å². The molecule has 1 amide bonds. The Hall–Kier alpha value is -1.62. The first-order chi connectivity index (χ1) is 7.61. The van der Waals surface area contributed by atoms with E-state index in [0.717, 1.165) is 12.1 Å². The number of rotatable bonds is 2. The second-order valence-corrected chi connectivity index (χ2v) is 3.97. The van der Waals surface area contributed by atoms with Gasteiger partial charge in [0.25, 0.3) is 5.91 Å². The normalized spacial score (nSPS) is 16.0. The molecule has 16 heavy (non-hydrogen) atoms. The zero-order valence-electron chi connectivity index (χ0n) is 8.69. The number of nitrogens with zero attached hydrogens (tertiary/aromatic N) is 1.